The van der Waals surface area contributed by atoms with E-state index >= 15 is 0 Å². The molecule has 2 saturated heterocycles. The second-order valence-electron chi connectivity index (χ2n) is 20.2. The van der Waals surface area contributed by atoms with Gasteiger partial charge in [-0.3, -0.25) is 19.0 Å². The molecule has 0 atom stereocenters. The summed E-state index contributed by atoms with van der Waals surface area (Å²) in [5.41, 5.74) is 6.25. The van der Waals surface area contributed by atoms with Crippen LogP contribution in [0.1, 0.15) is 149 Å². The average molecular weight is 865 g/mol. The van der Waals surface area contributed by atoms with Crippen molar-refractivity contribution in [2.75, 3.05) is 39.3 Å². The van der Waals surface area contributed by atoms with E-state index in [4.69, 9.17) is 9.47 Å². The van der Waals surface area contributed by atoms with Crippen molar-refractivity contribution >= 4 is 51.7 Å². The smallest absolute Gasteiger partial charge is 0.410 e. The van der Waals surface area contributed by atoms with Crippen LogP contribution in [0.15, 0.2) is 36.4 Å². The number of ether oxygens (including phenoxy) is 2. The molecular formula is C50H68N6O7. The fourth-order valence-electron chi connectivity index (χ4n) is 9.20. The predicted octanol–water partition coefficient (Wildman–Crippen LogP) is 9.58. The minimum Gasteiger partial charge on any atom is -0.444 e. The number of carbonyl (C=O) groups is 5. The second-order valence-corrected chi connectivity index (χ2v) is 20.2. The van der Waals surface area contributed by atoms with Crippen LogP contribution in [0.4, 0.5) is 9.59 Å². The van der Waals surface area contributed by atoms with E-state index in [-0.39, 0.29) is 29.9 Å². The number of amides is 4. The lowest BCUT2D eigenvalue weighted by molar-refractivity contribution is 0.0213. The zero-order valence-corrected chi connectivity index (χ0v) is 39.0. The summed E-state index contributed by atoms with van der Waals surface area (Å²) < 4.78 is 13.0. The van der Waals surface area contributed by atoms with Gasteiger partial charge in [0, 0.05) is 108 Å². The first-order chi connectivity index (χ1) is 29.8. The summed E-state index contributed by atoms with van der Waals surface area (Å²) in [6.45, 7) is 22.9. The van der Waals surface area contributed by atoms with E-state index in [0.717, 1.165) is 115 Å². The van der Waals surface area contributed by atoms with Gasteiger partial charge in [0.2, 0.25) is 5.91 Å². The molecule has 13 heteroatoms. The van der Waals surface area contributed by atoms with Crippen LogP contribution in [-0.4, -0.2) is 110 Å². The minimum atomic E-state index is -0.575. The standard InChI is InChI=1S/C27H37N3O4.C23H31N3O3/c1-6-7-24(31)30-22-9-8-19(25(32)28-13-10-18(2)11-14-28)16-20(22)21-17-29(15-12-23(21)30)26(33)34-27(3,4)5;1-15-7-10-25(11-8-15)21(27)16-5-6-19-17(13-16)18-14-26(12-9-20(18)24-19)22(28)29-23(2,3)4/h8-9,16,18H,6-7,10-15,17H2,1-5H3;5-6,13,15,24H,7-12,14H2,1-4H3. The van der Waals surface area contributed by atoms with Crippen molar-refractivity contribution < 1.29 is 33.4 Å². The molecule has 8 rings (SSSR count). The summed E-state index contributed by atoms with van der Waals surface area (Å²) in [6, 6.07) is 11.6. The van der Waals surface area contributed by atoms with Crippen LogP contribution in [-0.2, 0) is 35.4 Å². The monoisotopic (exact) mass is 865 g/mol. The number of H-pyrrole nitrogens is 1. The van der Waals surface area contributed by atoms with E-state index in [0.29, 0.717) is 56.4 Å². The quantitative estimate of drug-likeness (QED) is 0.216. The van der Waals surface area contributed by atoms with Crippen LogP contribution in [0.5, 0.6) is 0 Å². The first kappa shape index (κ1) is 45.7. The first-order valence-electron chi connectivity index (χ1n) is 23.2. The Morgan fingerprint density at radius 1 is 0.635 bits per heavy atom. The van der Waals surface area contributed by atoms with Crippen molar-refractivity contribution in [3.05, 3.63) is 70.0 Å². The molecule has 13 nitrogen and oxygen atoms in total. The summed E-state index contributed by atoms with van der Waals surface area (Å²) >= 11 is 0. The van der Waals surface area contributed by atoms with Gasteiger partial charge in [0.15, 0.2) is 0 Å². The Balaban J connectivity index is 0.000000191. The van der Waals surface area contributed by atoms with Gasteiger partial charge in [-0.05, 0) is 122 Å². The third-order valence-corrected chi connectivity index (χ3v) is 12.8. The number of likely N-dealkylation sites (tertiary alicyclic amines) is 2. The van der Waals surface area contributed by atoms with E-state index < -0.39 is 11.2 Å². The third-order valence-electron chi connectivity index (χ3n) is 12.8. The van der Waals surface area contributed by atoms with Gasteiger partial charge in [-0.25, -0.2) is 9.59 Å². The molecule has 4 aliphatic heterocycles. The number of hydrogen-bond donors (Lipinski definition) is 1. The highest BCUT2D eigenvalue weighted by atomic mass is 16.6. The Morgan fingerprint density at radius 2 is 1.13 bits per heavy atom. The fourth-order valence-corrected chi connectivity index (χ4v) is 9.20. The number of nitrogens with one attached hydrogen (secondary N) is 1. The molecule has 4 aliphatic rings. The highest BCUT2D eigenvalue weighted by molar-refractivity contribution is 6.02. The van der Waals surface area contributed by atoms with Crippen LogP contribution in [0.25, 0.3) is 21.8 Å². The third kappa shape index (κ3) is 10.4. The first-order valence-corrected chi connectivity index (χ1v) is 23.2. The highest BCUT2D eigenvalue weighted by Crippen LogP contribution is 2.34. The molecule has 0 aliphatic carbocycles. The van der Waals surface area contributed by atoms with Gasteiger partial charge in [0.25, 0.3) is 11.8 Å². The topological polar surface area (TPSA) is 137 Å². The van der Waals surface area contributed by atoms with Crippen molar-refractivity contribution in [1.29, 1.82) is 0 Å². The van der Waals surface area contributed by atoms with Crippen LogP contribution in [0.2, 0.25) is 0 Å². The minimum absolute atomic E-state index is 0.0370. The number of nitrogens with zero attached hydrogens (tertiary/aromatic N) is 5. The lowest BCUT2D eigenvalue weighted by Gasteiger charge is -2.31. The molecule has 0 saturated carbocycles. The number of benzene rings is 2. The van der Waals surface area contributed by atoms with E-state index in [2.05, 4.69) is 18.8 Å². The molecule has 0 spiro atoms. The number of aromatic amines is 1. The van der Waals surface area contributed by atoms with E-state index in [1.165, 1.54) is 0 Å². The molecule has 0 radical (unpaired) electrons. The van der Waals surface area contributed by atoms with E-state index in [1.807, 2.05) is 99.2 Å². The molecule has 0 bridgehead atoms. The van der Waals surface area contributed by atoms with Crippen molar-refractivity contribution in [3.63, 3.8) is 0 Å². The van der Waals surface area contributed by atoms with E-state index in [9.17, 15) is 24.0 Å². The molecule has 2 fully saturated rings. The average Bonchev–Trinajstić information content (AvgIpc) is 3.77. The lowest BCUT2D eigenvalue weighted by atomic mass is 9.98. The Kier molecular flexibility index (Phi) is 13.4. The van der Waals surface area contributed by atoms with Gasteiger partial charge in [0.1, 0.15) is 11.2 Å². The largest absolute Gasteiger partial charge is 0.444 e. The van der Waals surface area contributed by atoms with Crippen LogP contribution in [0.3, 0.4) is 0 Å². The Bertz CT molecular complexity index is 2360. The van der Waals surface area contributed by atoms with Crippen LogP contribution >= 0.6 is 0 Å². The van der Waals surface area contributed by atoms with Crippen molar-refractivity contribution in [2.24, 2.45) is 11.8 Å². The molecule has 340 valence electrons. The maximum Gasteiger partial charge on any atom is 0.410 e. The lowest BCUT2D eigenvalue weighted by Crippen LogP contribution is -2.40. The van der Waals surface area contributed by atoms with Crippen LogP contribution in [0, 0.1) is 11.8 Å². The van der Waals surface area contributed by atoms with Gasteiger partial charge >= 0.3 is 12.2 Å². The van der Waals surface area contributed by atoms with E-state index in [1.54, 1.807) is 9.80 Å². The normalized spacial score (nSPS) is 17.5. The molecule has 4 amide bonds. The summed E-state index contributed by atoms with van der Waals surface area (Å²) in [7, 11) is 0. The molecular weight excluding hydrogens is 797 g/mol. The molecule has 2 aromatic heterocycles. The van der Waals surface area contributed by atoms with Crippen molar-refractivity contribution in [1.82, 2.24) is 29.2 Å². The number of fused-ring (bicyclic) bond motifs is 6. The van der Waals surface area contributed by atoms with Crippen molar-refractivity contribution in [3.8, 4) is 0 Å². The van der Waals surface area contributed by atoms with Crippen molar-refractivity contribution in [2.45, 2.75) is 138 Å². The summed E-state index contributed by atoms with van der Waals surface area (Å²) in [4.78, 5) is 75.5. The zero-order valence-electron chi connectivity index (χ0n) is 39.0. The van der Waals surface area contributed by atoms with Gasteiger partial charge in [-0.15, -0.1) is 0 Å². The van der Waals surface area contributed by atoms with Gasteiger partial charge in [0.05, 0.1) is 18.6 Å². The molecule has 63 heavy (non-hydrogen) atoms. The Hall–Kier alpha value is -5.33. The molecule has 0 unspecified atom stereocenters. The van der Waals surface area contributed by atoms with Gasteiger partial charge < -0.3 is 34.1 Å². The fraction of sp³-hybridized carbons (Fsp3) is 0.580. The number of piperidine rings is 2. The molecule has 4 aromatic rings. The summed E-state index contributed by atoms with van der Waals surface area (Å²) in [5.74, 6) is 1.54. The van der Waals surface area contributed by atoms with Crippen LogP contribution < -0.4 is 0 Å². The number of aromatic nitrogens is 2. The number of hydrogen-bond acceptors (Lipinski definition) is 7. The van der Waals surface area contributed by atoms with Gasteiger partial charge in [-0.1, -0.05) is 20.8 Å². The molecule has 6 heterocycles. The molecule has 1 N–H and O–H groups in total. The Labute approximate surface area is 372 Å². The SMILES string of the molecule is CC1CCN(C(=O)c2ccc3[nH]c4c(c3c2)CN(C(=O)OC(C)(C)C)CC4)CC1.CCCC(=O)n1c2c(c3cc(C(=O)N4CCC(C)CC4)ccc31)CN(C(=O)OC(C)(C)C)CC2. The Morgan fingerprint density at radius 3 is 1.65 bits per heavy atom. The number of carbonyl (C=O) groups excluding carboxylic acids is 5. The second kappa shape index (κ2) is 18.4. The zero-order chi connectivity index (χ0) is 45.4. The summed E-state index contributed by atoms with van der Waals surface area (Å²) in [6.07, 6.45) is 6.10. The number of rotatable bonds is 4. The summed E-state index contributed by atoms with van der Waals surface area (Å²) in [5, 5.41) is 1.91. The highest BCUT2D eigenvalue weighted by Gasteiger charge is 2.33. The molecule has 2 aromatic carbocycles. The maximum atomic E-state index is 13.3. The predicted molar refractivity (Wildman–Crippen MR) is 245 cm³/mol. The van der Waals surface area contributed by atoms with Gasteiger partial charge in [-0.2, -0.15) is 0 Å². The maximum absolute atomic E-state index is 13.3.